The van der Waals surface area contributed by atoms with E-state index in [4.69, 9.17) is 9.47 Å². The number of hydrogen-bond acceptors (Lipinski definition) is 5. The summed E-state index contributed by atoms with van der Waals surface area (Å²) in [4.78, 5) is 14.2. The van der Waals surface area contributed by atoms with E-state index in [1.54, 1.807) is 0 Å². The van der Waals surface area contributed by atoms with Gasteiger partial charge < -0.3 is 14.4 Å². The van der Waals surface area contributed by atoms with Crippen LogP contribution in [0.4, 0.5) is 5.69 Å². The summed E-state index contributed by atoms with van der Waals surface area (Å²) in [7, 11) is -2.26. The van der Waals surface area contributed by atoms with Gasteiger partial charge in [0.25, 0.3) is 0 Å². The smallest absolute Gasteiger partial charge is 0.248 e. The minimum absolute atomic E-state index is 0.0152. The number of ether oxygens (including phenoxy) is 2. The van der Waals surface area contributed by atoms with E-state index in [9.17, 15) is 9.00 Å². The van der Waals surface area contributed by atoms with E-state index in [1.165, 1.54) is 0 Å². The van der Waals surface area contributed by atoms with E-state index < -0.39 is 9.73 Å². The predicted molar refractivity (Wildman–Crippen MR) is 102 cm³/mol. The molecule has 2 aliphatic rings. The topological polar surface area (TPSA) is 68.2 Å². The van der Waals surface area contributed by atoms with Crippen molar-refractivity contribution in [3.63, 3.8) is 0 Å². The van der Waals surface area contributed by atoms with Crippen molar-refractivity contribution in [1.82, 2.24) is 4.90 Å². The molecule has 1 aromatic carbocycles. The van der Waals surface area contributed by atoms with Crippen LogP contribution >= 0.6 is 0 Å². The van der Waals surface area contributed by atoms with Crippen molar-refractivity contribution in [3.8, 4) is 0 Å². The number of morpholine rings is 1. The summed E-state index contributed by atoms with van der Waals surface area (Å²) in [6.07, 6.45) is 2.24. The maximum Gasteiger partial charge on any atom is 0.248 e. The van der Waals surface area contributed by atoms with Crippen molar-refractivity contribution in [2.75, 3.05) is 44.4 Å². The Kier molecular flexibility index (Phi) is 6.32. The van der Waals surface area contributed by atoms with Gasteiger partial charge in [-0.05, 0) is 31.4 Å². The van der Waals surface area contributed by atoms with Gasteiger partial charge in [0.15, 0.2) is 0 Å². The average molecular weight is 381 g/mol. The van der Waals surface area contributed by atoms with E-state index in [1.807, 2.05) is 42.2 Å². The van der Waals surface area contributed by atoms with E-state index >= 15 is 0 Å². The van der Waals surface area contributed by atoms with Gasteiger partial charge in [-0.3, -0.25) is 4.79 Å². The summed E-state index contributed by atoms with van der Waals surface area (Å²) in [5.74, 6) is 1.04. The van der Waals surface area contributed by atoms with Gasteiger partial charge in [-0.2, -0.15) is 4.36 Å². The highest BCUT2D eigenvalue weighted by Crippen LogP contribution is 2.33. The molecule has 0 N–H and O–H groups in total. The monoisotopic (exact) mass is 380 g/mol. The Labute approximate surface area is 156 Å². The summed E-state index contributed by atoms with van der Waals surface area (Å²) in [6, 6.07) is 9.49. The number of carbonyl (C=O) groups excluding carboxylic acids is 1. The molecule has 144 valence electrons. The van der Waals surface area contributed by atoms with Crippen LogP contribution in [-0.2, 0) is 24.0 Å². The highest BCUT2D eigenvalue weighted by atomic mass is 32.2. The lowest BCUT2D eigenvalue weighted by Gasteiger charge is -2.45. The van der Waals surface area contributed by atoms with Gasteiger partial charge in [0.05, 0.1) is 27.6 Å². The zero-order valence-corrected chi connectivity index (χ0v) is 16.2. The van der Waals surface area contributed by atoms with Crippen LogP contribution in [0.15, 0.2) is 34.7 Å². The molecule has 2 aliphatic heterocycles. The van der Waals surface area contributed by atoms with Gasteiger partial charge in [-0.25, -0.2) is 4.21 Å². The summed E-state index contributed by atoms with van der Waals surface area (Å²) in [5.41, 5.74) is 0.383. The van der Waals surface area contributed by atoms with Crippen molar-refractivity contribution < 1.29 is 18.5 Å². The molecule has 7 heteroatoms. The fraction of sp³-hybridized carbons (Fsp3) is 0.632. The molecule has 1 amide bonds. The highest BCUT2D eigenvalue weighted by Gasteiger charge is 2.42. The molecular formula is C19H28N2O4S. The predicted octanol–water partition coefficient (Wildman–Crippen LogP) is 2.60. The fourth-order valence-corrected chi connectivity index (χ4v) is 5.72. The summed E-state index contributed by atoms with van der Waals surface area (Å²) in [5, 5.41) is 0. The lowest BCUT2D eigenvalue weighted by molar-refractivity contribution is -0.156. The molecule has 1 spiro atoms. The van der Waals surface area contributed by atoms with Crippen molar-refractivity contribution in [1.29, 1.82) is 0 Å². The standard InChI is InChI=1S/C19H28N2O4S/c1-2-11-24-15-18(22)21-10-12-25-19(16-21)8-13-26(23,14-9-19)20-17-6-4-3-5-7-17/h3-7H,2,8-16H2,1H3. The van der Waals surface area contributed by atoms with E-state index in [-0.39, 0.29) is 18.1 Å². The molecule has 3 rings (SSSR count). The maximum atomic E-state index is 13.1. The third-order valence-electron chi connectivity index (χ3n) is 4.96. The molecule has 6 nitrogen and oxygen atoms in total. The zero-order valence-electron chi connectivity index (χ0n) is 15.4. The highest BCUT2D eigenvalue weighted by molar-refractivity contribution is 7.93. The van der Waals surface area contributed by atoms with Crippen LogP contribution < -0.4 is 0 Å². The van der Waals surface area contributed by atoms with Crippen LogP contribution in [-0.4, -0.2) is 65.0 Å². The van der Waals surface area contributed by atoms with Gasteiger partial charge in [0.2, 0.25) is 5.91 Å². The second kappa shape index (κ2) is 8.50. The molecule has 0 aliphatic carbocycles. The normalized spacial score (nSPS) is 28.9. The van der Waals surface area contributed by atoms with Gasteiger partial charge in [0.1, 0.15) is 6.61 Å². The van der Waals surface area contributed by atoms with Crippen LogP contribution in [0.5, 0.6) is 0 Å². The van der Waals surface area contributed by atoms with Crippen LogP contribution in [0, 0.1) is 0 Å². The molecule has 0 bridgehead atoms. The molecule has 2 fully saturated rings. The van der Waals surface area contributed by atoms with Gasteiger partial charge in [-0.1, -0.05) is 25.1 Å². The first kappa shape index (κ1) is 19.3. The van der Waals surface area contributed by atoms with Crippen LogP contribution in [0.1, 0.15) is 26.2 Å². The van der Waals surface area contributed by atoms with Crippen molar-refractivity contribution in [2.45, 2.75) is 31.8 Å². The Hall–Kier alpha value is -1.44. The largest absolute Gasteiger partial charge is 0.372 e. The number of nitrogens with zero attached hydrogens (tertiary/aromatic N) is 2. The summed E-state index contributed by atoms with van der Waals surface area (Å²) >= 11 is 0. The van der Waals surface area contributed by atoms with E-state index in [2.05, 4.69) is 4.36 Å². The van der Waals surface area contributed by atoms with E-state index in [0.717, 1.165) is 12.1 Å². The minimum Gasteiger partial charge on any atom is -0.372 e. The molecule has 0 unspecified atom stereocenters. The molecule has 26 heavy (non-hydrogen) atoms. The Bertz CT molecular complexity index is 714. The lowest BCUT2D eigenvalue weighted by Crippen LogP contribution is -2.57. The molecular weight excluding hydrogens is 352 g/mol. The average Bonchev–Trinajstić information content (AvgIpc) is 2.66. The molecule has 1 aromatic rings. The minimum atomic E-state index is -2.26. The molecule has 2 heterocycles. The number of benzene rings is 1. The molecule has 2 saturated heterocycles. The lowest BCUT2D eigenvalue weighted by atomic mass is 9.94. The number of hydrogen-bond donors (Lipinski definition) is 0. The Balaban J connectivity index is 1.61. The SMILES string of the molecule is CCCOCC(=O)N1CCOC2(CCS(=O)(=Nc3ccccc3)CC2)C1. The Morgan fingerprint density at radius 2 is 2.04 bits per heavy atom. The van der Waals surface area contributed by atoms with Crippen molar-refractivity contribution in [2.24, 2.45) is 4.36 Å². The quantitative estimate of drug-likeness (QED) is 0.737. The molecule has 0 radical (unpaired) electrons. The maximum absolute atomic E-state index is 13.1. The van der Waals surface area contributed by atoms with Crippen LogP contribution in [0.25, 0.3) is 0 Å². The van der Waals surface area contributed by atoms with Crippen molar-refractivity contribution in [3.05, 3.63) is 30.3 Å². The number of amides is 1. The van der Waals surface area contributed by atoms with Gasteiger partial charge in [0, 0.05) is 31.2 Å². The first-order chi connectivity index (χ1) is 12.5. The van der Waals surface area contributed by atoms with Gasteiger partial charge in [-0.15, -0.1) is 0 Å². The van der Waals surface area contributed by atoms with Crippen LogP contribution in [0.3, 0.4) is 0 Å². The second-order valence-corrected chi connectivity index (χ2v) is 9.55. The molecule has 0 aromatic heterocycles. The molecule has 0 atom stereocenters. The number of rotatable bonds is 5. The van der Waals surface area contributed by atoms with Crippen molar-refractivity contribution >= 4 is 21.3 Å². The number of carbonyl (C=O) groups is 1. The third kappa shape index (κ3) is 4.84. The second-order valence-electron chi connectivity index (χ2n) is 7.01. The summed E-state index contributed by atoms with van der Waals surface area (Å²) in [6.45, 7) is 4.43. The zero-order chi connectivity index (χ0) is 18.5. The Morgan fingerprint density at radius 1 is 1.31 bits per heavy atom. The van der Waals surface area contributed by atoms with Gasteiger partial charge >= 0.3 is 0 Å². The van der Waals surface area contributed by atoms with Crippen LogP contribution in [0.2, 0.25) is 0 Å². The van der Waals surface area contributed by atoms with E-state index in [0.29, 0.717) is 50.7 Å². The third-order valence-corrected chi connectivity index (χ3v) is 7.18. The fourth-order valence-electron chi connectivity index (χ4n) is 3.45. The first-order valence-electron chi connectivity index (χ1n) is 9.31. The molecule has 0 saturated carbocycles. The summed E-state index contributed by atoms with van der Waals surface area (Å²) < 4.78 is 29.0. The first-order valence-corrected chi connectivity index (χ1v) is 11.2. The Morgan fingerprint density at radius 3 is 2.73 bits per heavy atom.